The summed E-state index contributed by atoms with van der Waals surface area (Å²) >= 11 is 0. The van der Waals surface area contributed by atoms with Gasteiger partial charge in [0.05, 0.1) is 6.26 Å². The SMILES string of the molecule is CN1C2CCC1CN(C(=O)c1ccco1)CC2. The molecule has 0 radical (unpaired) electrons. The maximum Gasteiger partial charge on any atom is 0.289 e. The average Bonchev–Trinajstić information content (AvgIpc) is 2.88. The van der Waals surface area contributed by atoms with Crippen molar-refractivity contribution >= 4 is 5.91 Å². The van der Waals surface area contributed by atoms with E-state index in [4.69, 9.17) is 4.42 Å². The van der Waals surface area contributed by atoms with Crippen LogP contribution in [0.4, 0.5) is 0 Å². The van der Waals surface area contributed by atoms with Crippen LogP contribution in [0.5, 0.6) is 0 Å². The van der Waals surface area contributed by atoms with Crippen LogP contribution in [-0.2, 0) is 0 Å². The summed E-state index contributed by atoms with van der Waals surface area (Å²) in [6.45, 7) is 1.69. The Hall–Kier alpha value is -1.29. The lowest BCUT2D eigenvalue weighted by Crippen LogP contribution is -2.39. The first-order valence-electron chi connectivity index (χ1n) is 6.30. The molecule has 2 bridgehead atoms. The molecule has 1 amide bonds. The second kappa shape index (κ2) is 4.18. The Morgan fingerprint density at radius 3 is 2.94 bits per heavy atom. The molecule has 3 rings (SSSR count). The lowest BCUT2D eigenvalue weighted by molar-refractivity contribution is 0.0708. The molecule has 2 saturated heterocycles. The highest BCUT2D eigenvalue weighted by Gasteiger charge is 2.36. The van der Waals surface area contributed by atoms with Gasteiger partial charge in [0.1, 0.15) is 0 Å². The normalized spacial score (nSPS) is 29.4. The fourth-order valence-electron chi connectivity index (χ4n) is 3.05. The van der Waals surface area contributed by atoms with Gasteiger partial charge in [-0.25, -0.2) is 0 Å². The number of nitrogens with zero attached hydrogens (tertiary/aromatic N) is 2. The van der Waals surface area contributed by atoms with E-state index in [0.717, 1.165) is 19.5 Å². The number of furan rings is 1. The second-order valence-electron chi connectivity index (χ2n) is 5.07. The number of amides is 1. The first-order chi connectivity index (χ1) is 8.25. The highest BCUT2D eigenvalue weighted by molar-refractivity contribution is 5.91. The lowest BCUT2D eigenvalue weighted by atomic mass is 10.1. The van der Waals surface area contributed by atoms with E-state index in [1.165, 1.54) is 12.8 Å². The molecule has 4 nitrogen and oxygen atoms in total. The van der Waals surface area contributed by atoms with E-state index in [1.807, 2.05) is 4.90 Å². The second-order valence-corrected chi connectivity index (χ2v) is 5.07. The Balaban J connectivity index is 1.75. The average molecular weight is 234 g/mol. The van der Waals surface area contributed by atoms with Gasteiger partial charge in [0, 0.05) is 25.2 Å². The Morgan fingerprint density at radius 2 is 2.18 bits per heavy atom. The van der Waals surface area contributed by atoms with Crippen molar-refractivity contribution in [3.63, 3.8) is 0 Å². The molecule has 0 aliphatic carbocycles. The Bertz CT molecular complexity index is 402. The Morgan fingerprint density at radius 1 is 1.35 bits per heavy atom. The van der Waals surface area contributed by atoms with Crippen molar-refractivity contribution in [1.29, 1.82) is 0 Å². The monoisotopic (exact) mass is 234 g/mol. The van der Waals surface area contributed by atoms with Crippen molar-refractivity contribution in [2.75, 3.05) is 20.1 Å². The van der Waals surface area contributed by atoms with Crippen LogP contribution < -0.4 is 0 Å². The van der Waals surface area contributed by atoms with Crippen LogP contribution in [0.15, 0.2) is 22.8 Å². The molecule has 2 aliphatic heterocycles. The van der Waals surface area contributed by atoms with Gasteiger partial charge in [0.25, 0.3) is 5.91 Å². The third kappa shape index (κ3) is 1.86. The zero-order valence-electron chi connectivity index (χ0n) is 10.1. The van der Waals surface area contributed by atoms with Gasteiger partial charge in [-0.2, -0.15) is 0 Å². The summed E-state index contributed by atoms with van der Waals surface area (Å²) in [5.41, 5.74) is 0. The van der Waals surface area contributed by atoms with E-state index in [0.29, 0.717) is 17.8 Å². The molecular weight excluding hydrogens is 216 g/mol. The molecule has 2 atom stereocenters. The van der Waals surface area contributed by atoms with Gasteiger partial charge in [-0.3, -0.25) is 9.69 Å². The van der Waals surface area contributed by atoms with Gasteiger partial charge in [-0.15, -0.1) is 0 Å². The van der Waals surface area contributed by atoms with Crippen molar-refractivity contribution in [2.24, 2.45) is 0 Å². The number of likely N-dealkylation sites (tertiary alicyclic amines) is 1. The summed E-state index contributed by atoms with van der Waals surface area (Å²) in [7, 11) is 2.18. The fraction of sp³-hybridized carbons (Fsp3) is 0.615. The largest absolute Gasteiger partial charge is 0.459 e. The number of hydrogen-bond donors (Lipinski definition) is 0. The molecule has 4 heteroatoms. The molecule has 2 unspecified atom stereocenters. The van der Waals surface area contributed by atoms with Crippen molar-refractivity contribution in [3.8, 4) is 0 Å². The van der Waals surface area contributed by atoms with E-state index in [9.17, 15) is 4.79 Å². The van der Waals surface area contributed by atoms with E-state index in [2.05, 4.69) is 11.9 Å². The molecule has 2 fully saturated rings. The summed E-state index contributed by atoms with van der Waals surface area (Å²) in [5, 5.41) is 0. The number of hydrogen-bond acceptors (Lipinski definition) is 3. The van der Waals surface area contributed by atoms with Crippen LogP contribution in [0.2, 0.25) is 0 Å². The maximum atomic E-state index is 12.2. The van der Waals surface area contributed by atoms with Gasteiger partial charge < -0.3 is 9.32 Å². The standard InChI is InChI=1S/C13H18N2O2/c1-14-10-4-5-11(14)9-15(7-6-10)13(16)12-3-2-8-17-12/h2-3,8,10-11H,4-7,9H2,1H3. The minimum absolute atomic E-state index is 0.0379. The summed E-state index contributed by atoms with van der Waals surface area (Å²) < 4.78 is 5.19. The van der Waals surface area contributed by atoms with Crippen molar-refractivity contribution < 1.29 is 9.21 Å². The van der Waals surface area contributed by atoms with E-state index in [1.54, 1.807) is 18.4 Å². The van der Waals surface area contributed by atoms with Crippen molar-refractivity contribution in [2.45, 2.75) is 31.3 Å². The highest BCUT2D eigenvalue weighted by Crippen LogP contribution is 2.28. The fourth-order valence-corrected chi connectivity index (χ4v) is 3.05. The molecular formula is C13H18N2O2. The molecule has 0 N–H and O–H groups in total. The zero-order valence-corrected chi connectivity index (χ0v) is 10.1. The van der Waals surface area contributed by atoms with E-state index in [-0.39, 0.29) is 5.91 Å². The molecule has 0 spiro atoms. The smallest absolute Gasteiger partial charge is 0.289 e. The van der Waals surface area contributed by atoms with Gasteiger partial charge in [-0.1, -0.05) is 0 Å². The number of fused-ring (bicyclic) bond motifs is 2. The number of likely N-dealkylation sites (N-methyl/N-ethyl adjacent to an activating group) is 1. The van der Waals surface area contributed by atoms with Crippen LogP contribution in [0.1, 0.15) is 29.8 Å². The van der Waals surface area contributed by atoms with Gasteiger partial charge in [-0.05, 0) is 38.4 Å². The summed E-state index contributed by atoms with van der Waals surface area (Å²) in [5.74, 6) is 0.501. The predicted octanol–water partition coefficient (Wildman–Crippen LogP) is 1.59. The molecule has 1 aromatic rings. The number of rotatable bonds is 1. The van der Waals surface area contributed by atoms with Crippen LogP contribution in [0.3, 0.4) is 0 Å². The van der Waals surface area contributed by atoms with Crippen molar-refractivity contribution in [1.82, 2.24) is 9.80 Å². The van der Waals surface area contributed by atoms with Crippen LogP contribution in [0.25, 0.3) is 0 Å². The molecule has 3 heterocycles. The molecule has 0 aromatic carbocycles. The quantitative estimate of drug-likeness (QED) is 0.740. The minimum Gasteiger partial charge on any atom is -0.459 e. The summed E-state index contributed by atoms with van der Waals surface area (Å²) in [6.07, 6.45) is 5.13. The van der Waals surface area contributed by atoms with E-state index < -0.39 is 0 Å². The van der Waals surface area contributed by atoms with Gasteiger partial charge >= 0.3 is 0 Å². The highest BCUT2D eigenvalue weighted by atomic mass is 16.3. The van der Waals surface area contributed by atoms with Gasteiger partial charge in [0.2, 0.25) is 0 Å². The number of carbonyl (C=O) groups excluding carboxylic acids is 1. The first kappa shape index (κ1) is 10.8. The molecule has 2 aliphatic rings. The van der Waals surface area contributed by atoms with Crippen LogP contribution in [0, 0.1) is 0 Å². The van der Waals surface area contributed by atoms with E-state index >= 15 is 0 Å². The predicted molar refractivity (Wildman–Crippen MR) is 63.8 cm³/mol. The Kier molecular flexibility index (Phi) is 2.67. The third-order valence-corrected chi connectivity index (χ3v) is 4.17. The van der Waals surface area contributed by atoms with Crippen molar-refractivity contribution in [3.05, 3.63) is 24.2 Å². The Labute approximate surface area is 101 Å². The summed E-state index contributed by atoms with van der Waals surface area (Å²) in [4.78, 5) is 16.6. The van der Waals surface area contributed by atoms with Gasteiger partial charge in [0.15, 0.2) is 5.76 Å². The molecule has 92 valence electrons. The molecule has 1 aromatic heterocycles. The first-order valence-corrected chi connectivity index (χ1v) is 6.30. The van der Waals surface area contributed by atoms with Crippen LogP contribution >= 0.6 is 0 Å². The lowest BCUT2D eigenvalue weighted by Gasteiger charge is -2.25. The maximum absolute atomic E-state index is 12.2. The molecule has 17 heavy (non-hydrogen) atoms. The topological polar surface area (TPSA) is 36.7 Å². The summed E-state index contributed by atoms with van der Waals surface area (Å²) in [6, 6.07) is 4.70. The third-order valence-electron chi connectivity index (χ3n) is 4.17. The van der Waals surface area contributed by atoms with Crippen LogP contribution in [-0.4, -0.2) is 47.9 Å². The minimum atomic E-state index is 0.0379. The molecule has 0 saturated carbocycles. The number of carbonyl (C=O) groups is 1. The zero-order chi connectivity index (χ0) is 11.8.